The number of carbonyl (C=O) groups excluding carboxylic acids is 3. The van der Waals surface area contributed by atoms with Gasteiger partial charge in [0.1, 0.15) is 18.7 Å². The number of nitrogens with zero attached hydrogens (tertiary/aromatic N) is 1. The number of para-hydroxylation sites is 1. The number of benzene rings is 1. The molecule has 0 bridgehead atoms. The number of aromatic amines is 1. The molecule has 0 spiro atoms. The summed E-state index contributed by atoms with van der Waals surface area (Å²) in [5.41, 5.74) is 7.36. The fourth-order valence-corrected chi connectivity index (χ4v) is 3.45. The summed E-state index contributed by atoms with van der Waals surface area (Å²) in [5.74, 6) is -1.31. The Hall–Kier alpha value is -2.91. The van der Waals surface area contributed by atoms with Crippen LogP contribution in [0.2, 0.25) is 0 Å². The summed E-state index contributed by atoms with van der Waals surface area (Å²) >= 11 is 0. The van der Waals surface area contributed by atoms with Crippen molar-refractivity contribution in [2.45, 2.75) is 18.5 Å². The van der Waals surface area contributed by atoms with E-state index in [9.17, 15) is 14.4 Å². The van der Waals surface area contributed by atoms with Gasteiger partial charge in [0.25, 0.3) is 0 Å². The van der Waals surface area contributed by atoms with Crippen LogP contribution in [-0.4, -0.2) is 73.0 Å². The number of fused-ring (bicyclic) bond motifs is 1. The molecule has 3 amide bonds. The van der Waals surface area contributed by atoms with E-state index in [2.05, 4.69) is 15.6 Å². The summed E-state index contributed by atoms with van der Waals surface area (Å²) in [7, 11) is 1.43. The van der Waals surface area contributed by atoms with Crippen LogP contribution < -0.4 is 16.4 Å². The molecule has 0 saturated carbocycles. The Morgan fingerprint density at radius 1 is 1.36 bits per heavy atom. The van der Waals surface area contributed by atoms with Crippen molar-refractivity contribution in [1.29, 1.82) is 0 Å². The van der Waals surface area contributed by atoms with E-state index in [-0.39, 0.29) is 18.9 Å². The Labute approximate surface area is 162 Å². The molecule has 1 aliphatic heterocycles. The fourth-order valence-electron chi connectivity index (χ4n) is 3.45. The number of rotatable bonds is 7. The van der Waals surface area contributed by atoms with Gasteiger partial charge in [0.05, 0.1) is 0 Å². The van der Waals surface area contributed by atoms with Gasteiger partial charge in [-0.3, -0.25) is 14.4 Å². The Bertz CT molecular complexity index is 865. The molecule has 2 atom stereocenters. The minimum absolute atomic E-state index is 0.0988. The second-order valence-corrected chi connectivity index (χ2v) is 6.77. The van der Waals surface area contributed by atoms with E-state index in [1.807, 2.05) is 30.5 Å². The van der Waals surface area contributed by atoms with Crippen LogP contribution in [-0.2, 0) is 25.5 Å². The van der Waals surface area contributed by atoms with Gasteiger partial charge < -0.3 is 31.0 Å². The van der Waals surface area contributed by atoms with Gasteiger partial charge in [0, 0.05) is 50.3 Å². The number of primary amides is 1. The number of nitrogens with two attached hydrogens (primary N) is 1. The Balaban J connectivity index is 1.73. The van der Waals surface area contributed by atoms with Crippen molar-refractivity contribution in [2.24, 2.45) is 5.73 Å². The molecule has 1 aromatic heterocycles. The average molecular weight is 387 g/mol. The lowest BCUT2D eigenvalue weighted by Crippen LogP contribution is -2.62. The van der Waals surface area contributed by atoms with E-state index < -0.39 is 23.9 Å². The molecule has 0 aliphatic carbocycles. The van der Waals surface area contributed by atoms with E-state index in [0.717, 1.165) is 16.5 Å². The molecule has 1 aliphatic rings. The second-order valence-electron chi connectivity index (χ2n) is 6.77. The highest BCUT2D eigenvalue weighted by Crippen LogP contribution is 2.19. The highest BCUT2D eigenvalue weighted by molar-refractivity contribution is 5.93. The molecule has 9 nitrogen and oxygen atoms in total. The minimum Gasteiger partial charge on any atom is -0.375 e. The second kappa shape index (κ2) is 8.85. The van der Waals surface area contributed by atoms with E-state index in [1.54, 1.807) is 0 Å². The third-order valence-corrected chi connectivity index (χ3v) is 4.89. The number of hydrogen-bond acceptors (Lipinski definition) is 5. The summed E-state index contributed by atoms with van der Waals surface area (Å²) in [4.78, 5) is 41.6. The van der Waals surface area contributed by atoms with Crippen molar-refractivity contribution in [2.75, 3.05) is 33.4 Å². The zero-order valence-corrected chi connectivity index (χ0v) is 15.7. The smallest absolute Gasteiger partial charge is 0.249 e. The lowest BCUT2D eigenvalue weighted by atomic mass is 10.0. The minimum atomic E-state index is -0.881. The number of hydrogen-bond donors (Lipinski definition) is 4. The molecule has 1 fully saturated rings. The van der Waals surface area contributed by atoms with Crippen molar-refractivity contribution in [3.63, 3.8) is 0 Å². The lowest BCUT2D eigenvalue weighted by molar-refractivity contribution is -0.145. The van der Waals surface area contributed by atoms with E-state index in [1.165, 1.54) is 12.0 Å². The molecule has 3 rings (SSSR count). The Morgan fingerprint density at radius 2 is 2.14 bits per heavy atom. The maximum absolute atomic E-state index is 12.8. The molecule has 0 radical (unpaired) electrons. The van der Waals surface area contributed by atoms with E-state index in [4.69, 9.17) is 10.5 Å². The van der Waals surface area contributed by atoms with E-state index in [0.29, 0.717) is 19.6 Å². The van der Waals surface area contributed by atoms with Gasteiger partial charge in [-0.05, 0) is 11.6 Å². The molecular formula is C19H25N5O4. The number of nitrogens with one attached hydrogen (secondary N) is 3. The maximum Gasteiger partial charge on any atom is 0.249 e. The van der Waals surface area contributed by atoms with Crippen LogP contribution in [0.1, 0.15) is 5.56 Å². The Kier molecular flexibility index (Phi) is 6.27. The van der Waals surface area contributed by atoms with Crippen LogP contribution in [0.4, 0.5) is 0 Å². The van der Waals surface area contributed by atoms with Crippen LogP contribution in [0.3, 0.4) is 0 Å². The molecule has 2 heterocycles. The van der Waals surface area contributed by atoms with Gasteiger partial charge >= 0.3 is 0 Å². The van der Waals surface area contributed by atoms with Crippen molar-refractivity contribution in [1.82, 2.24) is 20.5 Å². The number of carbonyl (C=O) groups is 3. The van der Waals surface area contributed by atoms with E-state index >= 15 is 0 Å². The maximum atomic E-state index is 12.8. The SMILES string of the molecule is COCC(=O)N1CCNC[C@@H]1C(=O)N[C@H](Cc1c[nH]c2ccccc12)C(N)=O. The highest BCUT2D eigenvalue weighted by atomic mass is 16.5. The topological polar surface area (TPSA) is 130 Å². The quantitative estimate of drug-likeness (QED) is 0.491. The highest BCUT2D eigenvalue weighted by Gasteiger charge is 2.33. The summed E-state index contributed by atoms with van der Waals surface area (Å²) in [6.45, 7) is 1.19. The number of methoxy groups -OCH3 is 1. The van der Waals surface area contributed by atoms with Gasteiger partial charge in [-0.15, -0.1) is 0 Å². The predicted molar refractivity (Wildman–Crippen MR) is 103 cm³/mol. The first-order valence-electron chi connectivity index (χ1n) is 9.15. The largest absolute Gasteiger partial charge is 0.375 e. The van der Waals surface area contributed by atoms with Crippen LogP contribution in [0.15, 0.2) is 30.5 Å². The van der Waals surface area contributed by atoms with Gasteiger partial charge in [-0.25, -0.2) is 0 Å². The molecule has 0 unspecified atom stereocenters. The molecular weight excluding hydrogens is 362 g/mol. The molecule has 150 valence electrons. The summed E-state index contributed by atoms with van der Waals surface area (Å²) < 4.78 is 4.89. The zero-order valence-electron chi connectivity index (χ0n) is 15.7. The molecule has 1 aromatic carbocycles. The van der Waals surface area contributed by atoms with Crippen molar-refractivity contribution < 1.29 is 19.1 Å². The molecule has 2 aromatic rings. The monoisotopic (exact) mass is 387 g/mol. The zero-order chi connectivity index (χ0) is 20.1. The third kappa shape index (κ3) is 4.32. The molecule has 5 N–H and O–H groups in total. The van der Waals surface area contributed by atoms with Gasteiger partial charge in [0.2, 0.25) is 17.7 Å². The average Bonchev–Trinajstić information content (AvgIpc) is 3.10. The van der Waals surface area contributed by atoms with Crippen LogP contribution >= 0.6 is 0 Å². The van der Waals surface area contributed by atoms with Crippen LogP contribution in [0.25, 0.3) is 10.9 Å². The predicted octanol–water partition coefficient (Wildman–Crippen LogP) is -0.873. The number of H-pyrrole nitrogens is 1. The first-order chi connectivity index (χ1) is 13.5. The third-order valence-electron chi connectivity index (χ3n) is 4.89. The van der Waals surface area contributed by atoms with Crippen molar-refractivity contribution >= 4 is 28.6 Å². The normalized spacial score (nSPS) is 18.0. The standard InChI is InChI=1S/C19H25N5O4/c1-28-11-17(25)24-7-6-21-10-16(24)19(27)23-15(18(20)26)8-12-9-22-14-5-3-2-4-13(12)14/h2-5,9,15-16,21-22H,6-8,10-11H2,1H3,(H2,20,26)(H,23,27)/t15-,16-/m1/s1. The number of amides is 3. The summed E-state index contributed by atoms with van der Waals surface area (Å²) in [6.07, 6.45) is 2.07. The van der Waals surface area contributed by atoms with Crippen molar-refractivity contribution in [3.05, 3.63) is 36.0 Å². The van der Waals surface area contributed by atoms with Gasteiger partial charge in [-0.2, -0.15) is 0 Å². The summed E-state index contributed by atoms with van der Waals surface area (Å²) in [6, 6.07) is 6.09. The van der Waals surface area contributed by atoms with Gasteiger partial charge in [0.15, 0.2) is 0 Å². The lowest BCUT2D eigenvalue weighted by Gasteiger charge is -2.35. The first-order valence-corrected chi connectivity index (χ1v) is 9.15. The number of aromatic nitrogens is 1. The first kappa shape index (κ1) is 19.8. The van der Waals surface area contributed by atoms with Crippen molar-refractivity contribution in [3.8, 4) is 0 Å². The number of ether oxygens (including phenoxy) is 1. The van der Waals surface area contributed by atoms with Crippen LogP contribution in [0.5, 0.6) is 0 Å². The molecule has 1 saturated heterocycles. The molecule has 28 heavy (non-hydrogen) atoms. The summed E-state index contributed by atoms with van der Waals surface area (Å²) in [5, 5.41) is 6.78. The number of piperazine rings is 1. The van der Waals surface area contributed by atoms with Gasteiger partial charge in [-0.1, -0.05) is 18.2 Å². The Morgan fingerprint density at radius 3 is 2.89 bits per heavy atom. The van der Waals surface area contributed by atoms with Crippen LogP contribution in [0, 0.1) is 0 Å². The fraction of sp³-hybridized carbons (Fsp3) is 0.421. The molecule has 9 heteroatoms.